The van der Waals surface area contributed by atoms with E-state index in [4.69, 9.17) is 5.11 Å². The van der Waals surface area contributed by atoms with Crippen LogP contribution in [0, 0.1) is 18.6 Å². The van der Waals surface area contributed by atoms with E-state index in [0.29, 0.717) is 5.56 Å². The van der Waals surface area contributed by atoms with E-state index in [1.54, 1.807) is 0 Å². The van der Waals surface area contributed by atoms with Gasteiger partial charge in [0.05, 0.1) is 5.56 Å². The second-order valence-corrected chi connectivity index (χ2v) is 3.94. The summed E-state index contributed by atoms with van der Waals surface area (Å²) >= 11 is 0. The highest BCUT2D eigenvalue weighted by atomic mass is 19.2. The average Bonchev–Trinajstić information content (AvgIpc) is 2.36. The predicted octanol–water partition coefficient (Wildman–Crippen LogP) is 3.64. The van der Waals surface area contributed by atoms with Crippen molar-refractivity contribution in [2.24, 2.45) is 0 Å². The molecule has 0 spiro atoms. The summed E-state index contributed by atoms with van der Waals surface area (Å²) in [5, 5.41) is 8.75. The second kappa shape index (κ2) is 4.56. The molecule has 0 bridgehead atoms. The minimum absolute atomic E-state index is 0.103. The minimum atomic E-state index is -1.06. The summed E-state index contributed by atoms with van der Waals surface area (Å²) in [5.74, 6) is -2.86. The molecule has 18 heavy (non-hydrogen) atoms. The predicted molar refractivity (Wildman–Crippen MR) is 63.5 cm³/mol. The van der Waals surface area contributed by atoms with Crippen LogP contribution in [0.4, 0.5) is 8.78 Å². The molecule has 4 heteroatoms. The SMILES string of the molecule is Cc1ccc(-c2ccc(C(=O)O)cc2)c(F)c1F. The summed E-state index contributed by atoms with van der Waals surface area (Å²) in [7, 11) is 0. The normalized spacial score (nSPS) is 10.4. The van der Waals surface area contributed by atoms with Gasteiger partial charge in [0.2, 0.25) is 0 Å². The summed E-state index contributed by atoms with van der Waals surface area (Å²) in [6.07, 6.45) is 0. The first-order valence-corrected chi connectivity index (χ1v) is 5.29. The molecule has 0 atom stereocenters. The Bertz CT molecular complexity index is 604. The minimum Gasteiger partial charge on any atom is -0.478 e. The third kappa shape index (κ3) is 2.09. The number of hydrogen-bond acceptors (Lipinski definition) is 1. The van der Waals surface area contributed by atoms with Gasteiger partial charge in [-0.05, 0) is 30.2 Å². The first-order chi connectivity index (χ1) is 8.50. The van der Waals surface area contributed by atoms with Crippen LogP contribution in [0.2, 0.25) is 0 Å². The fourth-order valence-electron chi connectivity index (χ4n) is 1.66. The highest BCUT2D eigenvalue weighted by molar-refractivity contribution is 5.88. The summed E-state index contributed by atoms with van der Waals surface area (Å²) in [6.45, 7) is 1.48. The van der Waals surface area contributed by atoms with Gasteiger partial charge in [0.15, 0.2) is 11.6 Å². The van der Waals surface area contributed by atoms with Crippen molar-refractivity contribution < 1.29 is 18.7 Å². The molecule has 0 unspecified atom stereocenters. The fourth-order valence-corrected chi connectivity index (χ4v) is 1.66. The van der Waals surface area contributed by atoms with Crippen molar-refractivity contribution in [2.45, 2.75) is 6.92 Å². The lowest BCUT2D eigenvalue weighted by molar-refractivity contribution is 0.0697. The van der Waals surface area contributed by atoms with E-state index >= 15 is 0 Å². The molecule has 2 aromatic carbocycles. The van der Waals surface area contributed by atoms with Crippen LogP contribution in [-0.2, 0) is 0 Å². The Kier molecular flexibility index (Phi) is 3.10. The number of carboxylic acids is 1. The number of carbonyl (C=O) groups is 1. The standard InChI is InChI=1S/C14H10F2O2/c1-8-2-7-11(13(16)12(8)15)9-3-5-10(6-4-9)14(17)18/h2-7H,1H3,(H,17,18). The molecule has 2 rings (SSSR count). The molecule has 0 heterocycles. The Morgan fingerprint density at radius 3 is 2.17 bits per heavy atom. The van der Waals surface area contributed by atoms with Crippen LogP contribution in [0.25, 0.3) is 11.1 Å². The van der Waals surface area contributed by atoms with E-state index < -0.39 is 17.6 Å². The Labute approximate surface area is 103 Å². The number of hydrogen-bond donors (Lipinski definition) is 1. The molecular weight excluding hydrogens is 238 g/mol. The van der Waals surface area contributed by atoms with Crippen molar-refractivity contribution in [1.82, 2.24) is 0 Å². The van der Waals surface area contributed by atoms with Gasteiger partial charge in [-0.1, -0.05) is 24.3 Å². The molecule has 0 saturated heterocycles. The van der Waals surface area contributed by atoms with Gasteiger partial charge >= 0.3 is 5.97 Å². The van der Waals surface area contributed by atoms with Crippen LogP contribution >= 0.6 is 0 Å². The lowest BCUT2D eigenvalue weighted by Crippen LogP contribution is -1.96. The number of benzene rings is 2. The van der Waals surface area contributed by atoms with Gasteiger partial charge in [0.1, 0.15) is 0 Å². The maximum absolute atomic E-state index is 13.7. The smallest absolute Gasteiger partial charge is 0.335 e. The third-order valence-electron chi connectivity index (χ3n) is 2.72. The van der Waals surface area contributed by atoms with Crippen molar-refractivity contribution >= 4 is 5.97 Å². The topological polar surface area (TPSA) is 37.3 Å². The third-order valence-corrected chi connectivity index (χ3v) is 2.72. The highest BCUT2D eigenvalue weighted by Gasteiger charge is 2.12. The van der Waals surface area contributed by atoms with Crippen molar-refractivity contribution in [1.29, 1.82) is 0 Å². The van der Waals surface area contributed by atoms with Crippen LogP contribution in [0.5, 0.6) is 0 Å². The molecule has 0 radical (unpaired) electrons. The van der Waals surface area contributed by atoms with Crippen LogP contribution in [0.15, 0.2) is 36.4 Å². The van der Waals surface area contributed by atoms with Crippen molar-refractivity contribution in [3.05, 3.63) is 59.2 Å². The quantitative estimate of drug-likeness (QED) is 0.880. The summed E-state index contributed by atoms with van der Waals surface area (Å²) in [5.41, 5.74) is 0.900. The molecule has 0 fully saturated rings. The van der Waals surface area contributed by atoms with Crippen LogP contribution in [-0.4, -0.2) is 11.1 Å². The molecule has 0 aliphatic heterocycles. The Morgan fingerprint density at radius 2 is 1.61 bits per heavy atom. The van der Waals surface area contributed by atoms with Gasteiger partial charge in [-0.2, -0.15) is 0 Å². The number of aryl methyl sites for hydroxylation is 1. The molecule has 1 N–H and O–H groups in total. The Morgan fingerprint density at radius 1 is 1.00 bits per heavy atom. The largest absolute Gasteiger partial charge is 0.478 e. The Balaban J connectivity index is 2.49. The molecule has 2 aromatic rings. The van der Waals surface area contributed by atoms with E-state index in [0.717, 1.165) is 0 Å². The first kappa shape index (κ1) is 12.2. The number of halogens is 2. The van der Waals surface area contributed by atoms with Gasteiger partial charge in [0, 0.05) is 5.56 Å². The van der Waals surface area contributed by atoms with E-state index in [1.165, 1.54) is 43.3 Å². The summed E-state index contributed by atoms with van der Waals surface area (Å²) < 4.78 is 27.1. The monoisotopic (exact) mass is 248 g/mol. The van der Waals surface area contributed by atoms with Gasteiger partial charge in [0.25, 0.3) is 0 Å². The summed E-state index contributed by atoms with van der Waals surface area (Å²) in [4.78, 5) is 10.7. The number of rotatable bonds is 2. The molecule has 0 aliphatic rings. The number of aromatic carboxylic acids is 1. The molecular formula is C14H10F2O2. The zero-order valence-electron chi connectivity index (χ0n) is 9.58. The van der Waals surface area contributed by atoms with Gasteiger partial charge < -0.3 is 5.11 Å². The zero-order chi connectivity index (χ0) is 13.3. The fraction of sp³-hybridized carbons (Fsp3) is 0.0714. The van der Waals surface area contributed by atoms with E-state index in [1.807, 2.05) is 0 Å². The van der Waals surface area contributed by atoms with Crippen LogP contribution < -0.4 is 0 Å². The summed E-state index contributed by atoms with van der Waals surface area (Å²) in [6, 6.07) is 8.58. The van der Waals surface area contributed by atoms with Crippen LogP contribution in [0.1, 0.15) is 15.9 Å². The lowest BCUT2D eigenvalue weighted by atomic mass is 10.0. The Hall–Kier alpha value is -2.23. The first-order valence-electron chi connectivity index (χ1n) is 5.29. The number of carboxylic acid groups (broad SMARTS) is 1. The molecule has 92 valence electrons. The maximum atomic E-state index is 13.7. The van der Waals surface area contributed by atoms with Crippen molar-refractivity contribution in [2.75, 3.05) is 0 Å². The van der Waals surface area contributed by atoms with Gasteiger partial charge in [-0.25, -0.2) is 13.6 Å². The van der Waals surface area contributed by atoms with Gasteiger partial charge in [-0.15, -0.1) is 0 Å². The van der Waals surface area contributed by atoms with E-state index in [2.05, 4.69) is 0 Å². The highest BCUT2D eigenvalue weighted by Crippen LogP contribution is 2.26. The van der Waals surface area contributed by atoms with Gasteiger partial charge in [-0.3, -0.25) is 0 Å². The molecule has 2 nitrogen and oxygen atoms in total. The zero-order valence-corrected chi connectivity index (χ0v) is 9.58. The second-order valence-electron chi connectivity index (χ2n) is 3.94. The molecule has 0 aromatic heterocycles. The van der Waals surface area contributed by atoms with Crippen molar-refractivity contribution in [3.63, 3.8) is 0 Å². The van der Waals surface area contributed by atoms with E-state index in [-0.39, 0.29) is 16.7 Å². The van der Waals surface area contributed by atoms with E-state index in [9.17, 15) is 13.6 Å². The lowest BCUT2D eigenvalue weighted by Gasteiger charge is -2.06. The maximum Gasteiger partial charge on any atom is 0.335 e. The van der Waals surface area contributed by atoms with Crippen molar-refractivity contribution in [3.8, 4) is 11.1 Å². The molecule has 0 aliphatic carbocycles. The molecule has 0 saturated carbocycles. The van der Waals surface area contributed by atoms with Crippen LogP contribution in [0.3, 0.4) is 0 Å². The molecule has 0 amide bonds. The average molecular weight is 248 g/mol.